The molecule has 0 saturated heterocycles. The predicted octanol–water partition coefficient (Wildman–Crippen LogP) is 4.34. The number of hydrogen-bond acceptors (Lipinski definition) is 3. The molecule has 0 spiro atoms. The van der Waals surface area contributed by atoms with Gasteiger partial charge in [0.2, 0.25) is 0 Å². The molecule has 80 valence electrons. The van der Waals surface area contributed by atoms with Gasteiger partial charge in [-0.15, -0.1) is 22.9 Å². The summed E-state index contributed by atoms with van der Waals surface area (Å²) in [6.07, 6.45) is 0.799. The molecule has 2 aromatic heterocycles. The number of rotatable bonds is 2. The highest BCUT2D eigenvalue weighted by Crippen LogP contribution is 2.31. The van der Waals surface area contributed by atoms with Crippen LogP contribution in [0.2, 0.25) is 5.15 Å². The zero-order chi connectivity index (χ0) is 11.0. The Hall–Kier alpha value is -0.380. The smallest absolute Gasteiger partial charge is 0.149 e. The van der Waals surface area contributed by atoms with Crippen LogP contribution in [0, 0.1) is 6.92 Å². The van der Waals surface area contributed by atoms with Crippen molar-refractivity contribution in [2.75, 3.05) is 0 Å². The SMILES string of the molecule is CCC(Cl)c1nc(Cl)c2cc(C)sc2n1. The molecule has 15 heavy (non-hydrogen) atoms. The summed E-state index contributed by atoms with van der Waals surface area (Å²) in [5, 5.41) is 1.26. The van der Waals surface area contributed by atoms with Gasteiger partial charge in [-0.25, -0.2) is 9.97 Å². The molecule has 0 saturated carbocycles. The number of aryl methyl sites for hydroxylation is 1. The Morgan fingerprint density at radius 2 is 2.20 bits per heavy atom. The monoisotopic (exact) mass is 260 g/mol. The molecule has 0 aromatic carbocycles. The molecule has 2 nitrogen and oxygen atoms in total. The Morgan fingerprint density at radius 3 is 2.87 bits per heavy atom. The van der Waals surface area contributed by atoms with Crippen molar-refractivity contribution in [3.05, 3.63) is 21.9 Å². The third-order valence-corrected chi connectivity index (χ3v) is 3.86. The summed E-state index contributed by atoms with van der Waals surface area (Å²) in [7, 11) is 0. The number of halogens is 2. The largest absolute Gasteiger partial charge is 0.220 e. The lowest BCUT2D eigenvalue weighted by Gasteiger charge is -2.04. The summed E-state index contributed by atoms with van der Waals surface area (Å²) in [4.78, 5) is 10.7. The summed E-state index contributed by atoms with van der Waals surface area (Å²) >= 11 is 13.8. The minimum atomic E-state index is -0.158. The molecule has 0 amide bonds. The Balaban J connectivity index is 2.61. The van der Waals surface area contributed by atoms with E-state index in [4.69, 9.17) is 23.2 Å². The maximum atomic E-state index is 6.09. The van der Waals surface area contributed by atoms with E-state index in [9.17, 15) is 0 Å². The first-order valence-electron chi connectivity index (χ1n) is 4.69. The molecule has 0 N–H and O–H groups in total. The van der Waals surface area contributed by atoms with Gasteiger partial charge in [-0.3, -0.25) is 0 Å². The molecule has 1 atom stereocenters. The minimum absolute atomic E-state index is 0.158. The van der Waals surface area contributed by atoms with E-state index in [1.165, 1.54) is 4.88 Å². The van der Waals surface area contributed by atoms with Crippen LogP contribution in [0.15, 0.2) is 6.07 Å². The van der Waals surface area contributed by atoms with Crippen molar-refractivity contribution in [1.82, 2.24) is 9.97 Å². The summed E-state index contributed by atoms with van der Waals surface area (Å²) in [6.45, 7) is 4.03. The van der Waals surface area contributed by atoms with Crippen molar-refractivity contribution < 1.29 is 0 Å². The van der Waals surface area contributed by atoms with Gasteiger partial charge in [0.25, 0.3) is 0 Å². The Kier molecular flexibility index (Phi) is 3.14. The van der Waals surface area contributed by atoms with Crippen LogP contribution in [0.5, 0.6) is 0 Å². The predicted molar refractivity (Wildman–Crippen MR) is 66.0 cm³/mol. The molecule has 0 aliphatic rings. The molecular formula is C10H10Cl2N2S. The standard InChI is InChI=1S/C10H10Cl2N2S/c1-3-7(11)9-13-8(12)6-4-5(2)15-10(6)14-9/h4,7H,3H2,1-2H3. The topological polar surface area (TPSA) is 25.8 Å². The fraction of sp³-hybridized carbons (Fsp3) is 0.400. The highest BCUT2D eigenvalue weighted by molar-refractivity contribution is 7.18. The number of alkyl halides is 1. The van der Waals surface area contributed by atoms with Gasteiger partial charge >= 0.3 is 0 Å². The highest BCUT2D eigenvalue weighted by atomic mass is 35.5. The molecule has 1 unspecified atom stereocenters. The van der Waals surface area contributed by atoms with Gasteiger partial charge in [-0.05, 0) is 19.4 Å². The summed E-state index contributed by atoms with van der Waals surface area (Å²) in [5.74, 6) is 0.624. The van der Waals surface area contributed by atoms with Gasteiger partial charge in [0.05, 0.1) is 5.38 Å². The lowest BCUT2D eigenvalue weighted by atomic mass is 10.3. The van der Waals surface area contributed by atoms with Gasteiger partial charge < -0.3 is 0 Å². The molecular weight excluding hydrogens is 251 g/mol. The average Bonchev–Trinajstić information content (AvgIpc) is 2.58. The number of thiophene rings is 1. The quantitative estimate of drug-likeness (QED) is 0.593. The van der Waals surface area contributed by atoms with Gasteiger partial charge in [0.15, 0.2) is 0 Å². The third kappa shape index (κ3) is 2.10. The maximum Gasteiger partial charge on any atom is 0.149 e. The molecule has 0 fully saturated rings. The number of fused-ring (bicyclic) bond motifs is 1. The lowest BCUT2D eigenvalue weighted by Crippen LogP contribution is -1.97. The average molecular weight is 261 g/mol. The molecule has 0 aliphatic carbocycles. The van der Waals surface area contributed by atoms with Crippen LogP contribution in [-0.2, 0) is 0 Å². The molecule has 2 heterocycles. The van der Waals surface area contributed by atoms with Crippen molar-refractivity contribution in [2.45, 2.75) is 25.6 Å². The fourth-order valence-electron chi connectivity index (χ4n) is 1.35. The van der Waals surface area contributed by atoms with Crippen LogP contribution in [0.25, 0.3) is 10.2 Å². The molecule has 0 radical (unpaired) electrons. The van der Waals surface area contributed by atoms with Crippen molar-refractivity contribution >= 4 is 44.8 Å². The summed E-state index contributed by atoms with van der Waals surface area (Å²) in [6, 6.07) is 2.00. The van der Waals surface area contributed by atoms with Crippen LogP contribution in [0.4, 0.5) is 0 Å². The third-order valence-electron chi connectivity index (χ3n) is 2.13. The first-order chi connectivity index (χ1) is 7.11. The molecule has 5 heteroatoms. The molecule has 0 aliphatic heterocycles. The zero-order valence-corrected chi connectivity index (χ0v) is 10.7. The van der Waals surface area contributed by atoms with Gasteiger partial charge in [-0.2, -0.15) is 0 Å². The van der Waals surface area contributed by atoms with Crippen LogP contribution >= 0.6 is 34.5 Å². The first-order valence-corrected chi connectivity index (χ1v) is 6.32. The van der Waals surface area contributed by atoms with Crippen LogP contribution in [0.1, 0.15) is 29.4 Å². The van der Waals surface area contributed by atoms with Crippen LogP contribution < -0.4 is 0 Å². The number of hydrogen-bond donors (Lipinski definition) is 0. The van der Waals surface area contributed by atoms with Crippen LogP contribution in [-0.4, -0.2) is 9.97 Å². The van der Waals surface area contributed by atoms with E-state index >= 15 is 0 Å². The zero-order valence-electron chi connectivity index (χ0n) is 8.42. The normalized spacial score (nSPS) is 13.3. The molecule has 0 bridgehead atoms. The molecule has 2 aromatic rings. The first kappa shape index (κ1) is 11.1. The van der Waals surface area contributed by atoms with Crippen molar-refractivity contribution in [3.63, 3.8) is 0 Å². The van der Waals surface area contributed by atoms with Gasteiger partial charge in [-0.1, -0.05) is 18.5 Å². The van der Waals surface area contributed by atoms with E-state index in [1.807, 2.05) is 19.9 Å². The maximum absolute atomic E-state index is 6.09. The number of aromatic nitrogens is 2. The van der Waals surface area contributed by atoms with Crippen LogP contribution in [0.3, 0.4) is 0 Å². The summed E-state index contributed by atoms with van der Waals surface area (Å²) in [5.41, 5.74) is 0. The van der Waals surface area contributed by atoms with E-state index in [0.717, 1.165) is 16.6 Å². The second-order valence-corrected chi connectivity index (χ2v) is 5.44. The highest BCUT2D eigenvalue weighted by Gasteiger charge is 2.13. The Labute approximate surface area is 102 Å². The molecule has 2 rings (SSSR count). The lowest BCUT2D eigenvalue weighted by molar-refractivity contribution is 0.813. The Bertz CT molecular complexity index is 495. The van der Waals surface area contributed by atoms with E-state index in [-0.39, 0.29) is 5.38 Å². The number of nitrogens with zero attached hydrogens (tertiary/aromatic N) is 2. The Morgan fingerprint density at radius 1 is 1.47 bits per heavy atom. The fourth-order valence-corrected chi connectivity index (χ4v) is 2.62. The van der Waals surface area contributed by atoms with E-state index in [1.54, 1.807) is 11.3 Å². The summed E-state index contributed by atoms with van der Waals surface area (Å²) < 4.78 is 0. The van der Waals surface area contributed by atoms with E-state index in [0.29, 0.717) is 11.0 Å². The van der Waals surface area contributed by atoms with Gasteiger partial charge in [0, 0.05) is 10.3 Å². The van der Waals surface area contributed by atoms with Crippen molar-refractivity contribution in [1.29, 1.82) is 0 Å². The van der Waals surface area contributed by atoms with Crippen molar-refractivity contribution in [2.24, 2.45) is 0 Å². The second kappa shape index (κ2) is 4.24. The van der Waals surface area contributed by atoms with E-state index in [2.05, 4.69) is 9.97 Å². The second-order valence-electron chi connectivity index (χ2n) is 3.32. The minimum Gasteiger partial charge on any atom is -0.220 e. The van der Waals surface area contributed by atoms with E-state index < -0.39 is 0 Å². The van der Waals surface area contributed by atoms with Gasteiger partial charge in [0.1, 0.15) is 15.8 Å². The van der Waals surface area contributed by atoms with Crippen molar-refractivity contribution in [3.8, 4) is 0 Å².